The van der Waals surface area contributed by atoms with E-state index in [9.17, 15) is 5.11 Å². The molecule has 0 saturated heterocycles. The van der Waals surface area contributed by atoms with Crippen molar-refractivity contribution in [3.05, 3.63) is 60.2 Å². The molecule has 0 spiro atoms. The third-order valence-corrected chi connectivity index (χ3v) is 3.67. The molecule has 2 rings (SSSR count). The van der Waals surface area contributed by atoms with E-state index < -0.39 is 6.10 Å². The molecule has 0 saturated carbocycles. The van der Waals surface area contributed by atoms with Gasteiger partial charge in [0.25, 0.3) is 0 Å². The predicted octanol–water partition coefficient (Wildman–Crippen LogP) is 3.78. The first kappa shape index (κ1) is 14.8. The average Bonchev–Trinajstić information content (AvgIpc) is 2.53. The molecule has 0 heterocycles. The molecule has 0 bridgehead atoms. The van der Waals surface area contributed by atoms with E-state index in [1.807, 2.05) is 30.3 Å². The third kappa shape index (κ3) is 3.92. The number of aliphatic hydroxyl groups excluding tert-OH is 1. The van der Waals surface area contributed by atoms with Gasteiger partial charge in [-0.1, -0.05) is 61.5 Å². The van der Waals surface area contributed by atoms with Crippen LogP contribution in [0.25, 0.3) is 11.1 Å². The maximum atomic E-state index is 10.2. The highest BCUT2D eigenvalue weighted by Crippen LogP contribution is 2.21. The third-order valence-electron chi connectivity index (χ3n) is 3.67. The van der Waals surface area contributed by atoms with Crippen molar-refractivity contribution in [2.24, 2.45) is 0 Å². The Morgan fingerprint density at radius 1 is 0.950 bits per heavy atom. The normalized spacial score (nSPS) is 13.9. The second kappa shape index (κ2) is 7.22. The Hall–Kier alpha value is -1.64. The van der Waals surface area contributed by atoms with Gasteiger partial charge in [-0.3, -0.25) is 0 Å². The number of benzene rings is 2. The molecule has 2 aromatic carbocycles. The van der Waals surface area contributed by atoms with E-state index in [4.69, 9.17) is 0 Å². The number of nitrogens with one attached hydrogen (secondary N) is 1. The summed E-state index contributed by atoms with van der Waals surface area (Å²) in [4.78, 5) is 0. The molecule has 20 heavy (non-hydrogen) atoms. The summed E-state index contributed by atoms with van der Waals surface area (Å²) < 4.78 is 0. The molecule has 2 N–H and O–H groups in total. The minimum Gasteiger partial charge on any atom is -0.387 e. The van der Waals surface area contributed by atoms with Gasteiger partial charge in [0.2, 0.25) is 0 Å². The van der Waals surface area contributed by atoms with Crippen LogP contribution in [0.1, 0.15) is 31.9 Å². The molecule has 0 radical (unpaired) electrons. The fourth-order valence-corrected chi connectivity index (χ4v) is 2.10. The number of hydrogen-bond donors (Lipinski definition) is 2. The lowest BCUT2D eigenvalue weighted by molar-refractivity contribution is 0.170. The van der Waals surface area contributed by atoms with Crippen molar-refractivity contribution in [1.82, 2.24) is 5.32 Å². The van der Waals surface area contributed by atoms with E-state index >= 15 is 0 Å². The van der Waals surface area contributed by atoms with E-state index in [0.29, 0.717) is 12.6 Å². The zero-order valence-electron chi connectivity index (χ0n) is 12.2. The van der Waals surface area contributed by atoms with Crippen LogP contribution in [0.3, 0.4) is 0 Å². The first-order chi connectivity index (χ1) is 9.70. The van der Waals surface area contributed by atoms with Crippen LogP contribution in [0.4, 0.5) is 0 Å². The van der Waals surface area contributed by atoms with Gasteiger partial charge in [-0.15, -0.1) is 0 Å². The van der Waals surface area contributed by atoms with Crippen LogP contribution < -0.4 is 5.32 Å². The summed E-state index contributed by atoms with van der Waals surface area (Å²) >= 11 is 0. The fraction of sp³-hybridized carbons (Fsp3) is 0.333. The van der Waals surface area contributed by atoms with Gasteiger partial charge in [0, 0.05) is 12.6 Å². The highest BCUT2D eigenvalue weighted by atomic mass is 16.3. The van der Waals surface area contributed by atoms with Crippen LogP contribution in [0.2, 0.25) is 0 Å². The van der Waals surface area contributed by atoms with Gasteiger partial charge in [-0.25, -0.2) is 0 Å². The zero-order chi connectivity index (χ0) is 14.4. The maximum absolute atomic E-state index is 10.2. The van der Waals surface area contributed by atoms with E-state index in [1.54, 1.807) is 0 Å². The molecule has 0 fully saturated rings. The summed E-state index contributed by atoms with van der Waals surface area (Å²) in [5.74, 6) is 0. The van der Waals surface area contributed by atoms with Crippen LogP contribution in [0.5, 0.6) is 0 Å². The van der Waals surface area contributed by atoms with Crippen molar-refractivity contribution in [3.8, 4) is 11.1 Å². The lowest BCUT2D eigenvalue weighted by Crippen LogP contribution is -2.29. The molecular formula is C18H23NO. The van der Waals surface area contributed by atoms with Crippen molar-refractivity contribution in [2.45, 2.75) is 32.4 Å². The molecule has 2 aromatic rings. The van der Waals surface area contributed by atoms with Crippen LogP contribution >= 0.6 is 0 Å². The first-order valence-corrected chi connectivity index (χ1v) is 7.27. The minimum absolute atomic E-state index is 0.438. The monoisotopic (exact) mass is 269 g/mol. The summed E-state index contributed by atoms with van der Waals surface area (Å²) in [6, 6.07) is 18.9. The van der Waals surface area contributed by atoms with Gasteiger partial charge in [0.1, 0.15) is 0 Å². The molecule has 0 aliphatic carbocycles. The molecule has 2 nitrogen and oxygen atoms in total. The topological polar surface area (TPSA) is 32.3 Å². The number of aliphatic hydroxyl groups is 1. The summed E-state index contributed by atoms with van der Waals surface area (Å²) in [6.45, 7) is 4.86. The second-order valence-corrected chi connectivity index (χ2v) is 5.22. The van der Waals surface area contributed by atoms with Gasteiger partial charge < -0.3 is 10.4 Å². The Kier molecular flexibility index (Phi) is 5.33. The van der Waals surface area contributed by atoms with Gasteiger partial charge in [0.15, 0.2) is 0 Å². The van der Waals surface area contributed by atoms with Gasteiger partial charge >= 0.3 is 0 Å². The molecule has 2 unspecified atom stereocenters. The SMILES string of the molecule is CCC(C)NCC(O)c1ccc(-c2ccccc2)cc1. The Morgan fingerprint density at radius 3 is 2.15 bits per heavy atom. The van der Waals surface area contributed by atoms with E-state index in [-0.39, 0.29) is 0 Å². The Labute approximate surface area is 121 Å². The summed E-state index contributed by atoms with van der Waals surface area (Å²) in [6.07, 6.45) is 0.619. The van der Waals surface area contributed by atoms with Crippen molar-refractivity contribution >= 4 is 0 Å². The smallest absolute Gasteiger partial charge is 0.0914 e. The fourth-order valence-electron chi connectivity index (χ4n) is 2.10. The number of hydrogen-bond acceptors (Lipinski definition) is 2. The van der Waals surface area contributed by atoms with E-state index in [2.05, 4.69) is 43.4 Å². The second-order valence-electron chi connectivity index (χ2n) is 5.22. The van der Waals surface area contributed by atoms with Crippen LogP contribution in [-0.4, -0.2) is 17.7 Å². The van der Waals surface area contributed by atoms with Gasteiger partial charge in [-0.05, 0) is 30.0 Å². The maximum Gasteiger partial charge on any atom is 0.0914 e. The highest BCUT2D eigenvalue weighted by molar-refractivity contribution is 5.63. The molecule has 0 aliphatic heterocycles. The Bertz CT molecular complexity index is 507. The Balaban J connectivity index is 2.01. The Morgan fingerprint density at radius 2 is 1.55 bits per heavy atom. The van der Waals surface area contributed by atoms with Crippen LogP contribution in [-0.2, 0) is 0 Å². The molecule has 2 atom stereocenters. The van der Waals surface area contributed by atoms with Gasteiger partial charge in [0.05, 0.1) is 6.10 Å². The largest absolute Gasteiger partial charge is 0.387 e. The van der Waals surface area contributed by atoms with Crippen LogP contribution in [0, 0.1) is 0 Å². The first-order valence-electron chi connectivity index (χ1n) is 7.27. The molecule has 0 amide bonds. The lowest BCUT2D eigenvalue weighted by atomic mass is 10.0. The lowest BCUT2D eigenvalue weighted by Gasteiger charge is -2.16. The molecule has 106 valence electrons. The summed E-state index contributed by atoms with van der Waals surface area (Å²) in [5.41, 5.74) is 3.34. The molecular weight excluding hydrogens is 246 g/mol. The van der Waals surface area contributed by atoms with Crippen LogP contribution in [0.15, 0.2) is 54.6 Å². The van der Waals surface area contributed by atoms with Gasteiger partial charge in [-0.2, -0.15) is 0 Å². The molecule has 0 aromatic heterocycles. The van der Waals surface area contributed by atoms with E-state index in [0.717, 1.165) is 12.0 Å². The average molecular weight is 269 g/mol. The van der Waals surface area contributed by atoms with Crippen molar-refractivity contribution in [3.63, 3.8) is 0 Å². The minimum atomic E-state index is -0.450. The quantitative estimate of drug-likeness (QED) is 0.836. The standard InChI is InChI=1S/C18H23NO/c1-3-14(2)19-13-18(20)17-11-9-16(10-12-17)15-7-5-4-6-8-15/h4-12,14,18-20H,3,13H2,1-2H3. The molecule has 2 heteroatoms. The molecule has 0 aliphatic rings. The highest BCUT2D eigenvalue weighted by Gasteiger charge is 2.08. The van der Waals surface area contributed by atoms with Crippen molar-refractivity contribution < 1.29 is 5.11 Å². The predicted molar refractivity (Wildman–Crippen MR) is 84.6 cm³/mol. The van der Waals surface area contributed by atoms with E-state index in [1.165, 1.54) is 11.1 Å². The van der Waals surface area contributed by atoms with Crippen molar-refractivity contribution in [1.29, 1.82) is 0 Å². The van der Waals surface area contributed by atoms with Crippen molar-refractivity contribution in [2.75, 3.05) is 6.54 Å². The number of rotatable bonds is 6. The summed E-state index contributed by atoms with van der Waals surface area (Å²) in [5, 5.41) is 13.5. The zero-order valence-corrected chi connectivity index (χ0v) is 12.2. The summed E-state index contributed by atoms with van der Waals surface area (Å²) in [7, 11) is 0.